The molecule has 0 radical (unpaired) electrons. The number of aliphatic hydroxyl groups is 1. The van der Waals surface area contributed by atoms with Crippen molar-refractivity contribution in [3.63, 3.8) is 0 Å². The Labute approximate surface area is 200 Å². The number of benzene rings is 1. The molecule has 11 nitrogen and oxygen atoms in total. The lowest BCUT2D eigenvalue weighted by molar-refractivity contribution is -0.170. The number of aryl methyl sites for hydroxylation is 2. The van der Waals surface area contributed by atoms with Crippen molar-refractivity contribution in [2.24, 2.45) is 13.0 Å². The van der Waals surface area contributed by atoms with Gasteiger partial charge in [-0.05, 0) is 25.8 Å². The molecule has 1 unspecified atom stereocenters. The summed E-state index contributed by atoms with van der Waals surface area (Å²) in [6.07, 6.45) is 3.34. The van der Waals surface area contributed by atoms with Crippen molar-refractivity contribution in [2.45, 2.75) is 44.8 Å². The summed E-state index contributed by atoms with van der Waals surface area (Å²) in [4.78, 5) is 47.8. The fraction of sp³-hybridized carbons (Fsp3) is 0.375. The Morgan fingerprint density at radius 1 is 1.11 bits per heavy atom. The van der Waals surface area contributed by atoms with Crippen LogP contribution in [0.3, 0.4) is 0 Å². The van der Waals surface area contributed by atoms with Gasteiger partial charge in [0.15, 0.2) is 11.4 Å². The van der Waals surface area contributed by atoms with Gasteiger partial charge in [0.05, 0.1) is 12.8 Å². The highest BCUT2D eigenvalue weighted by atomic mass is 16.4. The lowest BCUT2D eigenvalue weighted by Gasteiger charge is -2.23. The van der Waals surface area contributed by atoms with Crippen LogP contribution in [0.4, 0.5) is 0 Å². The highest BCUT2D eigenvalue weighted by Crippen LogP contribution is 2.34. The number of aromatic nitrogens is 3. The van der Waals surface area contributed by atoms with E-state index in [2.05, 4.69) is 33.3 Å². The number of rotatable bonds is 7. The van der Waals surface area contributed by atoms with Gasteiger partial charge in [-0.15, -0.1) is 0 Å². The number of hydrogen-bond donors (Lipinski definition) is 4. The number of para-hydroxylation sites is 1. The van der Waals surface area contributed by atoms with Crippen LogP contribution < -0.4 is 0 Å². The summed E-state index contributed by atoms with van der Waals surface area (Å²) in [6.45, 7) is 2.71. The lowest BCUT2D eigenvalue weighted by Crippen LogP contribution is -2.42. The van der Waals surface area contributed by atoms with E-state index in [9.17, 15) is 19.2 Å². The van der Waals surface area contributed by atoms with Crippen LogP contribution in [0.15, 0.2) is 36.7 Å². The second kappa shape index (κ2) is 10.1. The van der Waals surface area contributed by atoms with Crippen molar-refractivity contribution in [1.82, 2.24) is 14.1 Å². The fourth-order valence-electron chi connectivity index (χ4n) is 4.38. The molecule has 186 valence electrons. The molecule has 4 N–H and O–H groups in total. The van der Waals surface area contributed by atoms with Crippen molar-refractivity contribution in [3.8, 4) is 0 Å². The van der Waals surface area contributed by atoms with E-state index in [1.807, 2.05) is 25.3 Å². The lowest BCUT2D eigenvalue weighted by atomic mass is 9.85. The van der Waals surface area contributed by atoms with E-state index >= 15 is 0 Å². The SMILES string of the molecule is Cc1nccn1CC1CCc2c(c3ccccc3n2C)C1=O.O=C(O)CC(O)(CC(=O)O)C(=O)O. The van der Waals surface area contributed by atoms with Crippen molar-refractivity contribution in [2.75, 3.05) is 0 Å². The zero-order chi connectivity index (χ0) is 25.9. The van der Waals surface area contributed by atoms with Gasteiger partial charge in [0.1, 0.15) is 5.82 Å². The largest absolute Gasteiger partial charge is 0.481 e. The monoisotopic (exact) mass is 485 g/mol. The fourth-order valence-corrected chi connectivity index (χ4v) is 4.38. The molecule has 2 aromatic heterocycles. The van der Waals surface area contributed by atoms with Crippen LogP contribution in [0.1, 0.15) is 41.1 Å². The number of fused-ring (bicyclic) bond motifs is 3. The molecule has 2 heterocycles. The molecule has 0 aliphatic heterocycles. The standard InChI is InChI=1S/C18H19N3O.C6H8O7/c1-12-19-9-10-21(12)11-13-7-8-16-17(18(13)22)14-5-3-4-6-15(14)20(16)2;7-3(8)1-6(13,5(11)12)2-4(9)10/h3-6,9-10,13H,7-8,11H2,1-2H3;13H,1-2H2,(H,7,8)(H,9,10)(H,11,12). The second-order valence-electron chi connectivity index (χ2n) is 8.60. The maximum Gasteiger partial charge on any atom is 0.336 e. The number of Topliss-reactive ketones (excluding diaryl/α,β-unsaturated/α-hetero) is 1. The van der Waals surface area contributed by atoms with Crippen molar-refractivity contribution in [3.05, 3.63) is 53.7 Å². The number of carbonyl (C=O) groups excluding carboxylic acids is 1. The molecule has 0 bridgehead atoms. The number of nitrogens with zero attached hydrogens (tertiary/aromatic N) is 3. The topological polar surface area (TPSA) is 172 Å². The van der Waals surface area contributed by atoms with E-state index in [1.54, 1.807) is 6.20 Å². The highest BCUT2D eigenvalue weighted by Gasteiger charge is 2.40. The van der Waals surface area contributed by atoms with E-state index in [1.165, 1.54) is 5.69 Å². The summed E-state index contributed by atoms with van der Waals surface area (Å²) in [7, 11) is 2.06. The molecule has 0 fully saturated rings. The van der Waals surface area contributed by atoms with Crippen LogP contribution in [0, 0.1) is 12.8 Å². The molecule has 1 aromatic carbocycles. The number of carboxylic acid groups (broad SMARTS) is 3. The minimum Gasteiger partial charge on any atom is -0.481 e. The van der Waals surface area contributed by atoms with Crippen LogP contribution in [-0.4, -0.2) is 63.8 Å². The zero-order valence-electron chi connectivity index (χ0n) is 19.3. The number of hydrogen-bond acceptors (Lipinski definition) is 6. The maximum absolute atomic E-state index is 13.0. The molecular weight excluding hydrogens is 458 g/mol. The molecule has 1 aliphatic carbocycles. The molecule has 0 spiro atoms. The minimum atomic E-state index is -2.74. The van der Waals surface area contributed by atoms with Crippen LogP contribution in [0.5, 0.6) is 0 Å². The predicted octanol–water partition coefficient (Wildman–Crippen LogP) is 1.88. The van der Waals surface area contributed by atoms with Gasteiger partial charge >= 0.3 is 17.9 Å². The Bertz CT molecular complexity index is 1270. The minimum absolute atomic E-state index is 0.0474. The van der Waals surface area contributed by atoms with Crippen LogP contribution >= 0.6 is 0 Å². The van der Waals surface area contributed by atoms with Gasteiger partial charge in [-0.2, -0.15) is 0 Å². The Morgan fingerprint density at radius 2 is 1.74 bits per heavy atom. The smallest absolute Gasteiger partial charge is 0.336 e. The number of aliphatic carboxylic acids is 3. The molecule has 1 atom stereocenters. The first kappa shape index (κ1) is 25.6. The maximum atomic E-state index is 13.0. The Balaban J connectivity index is 0.000000228. The van der Waals surface area contributed by atoms with Gasteiger partial charge in [0, 0.05) is 54.1 Å². The van der Waals surface area contributed by atoms with E-state index in [0.717, 1.165) is 41.7 Å². The van der Waals surface area contributed by atoms with Gasteiger partial charge in [-0.1, -0.05) is 18.2 Å². The van der Waals surface area contributed by atoms with E-state index < -0.39 is 36.4 Å². The third kappa shape index (κ3) is 5.40. The first-order valence-electron chi connectivity index (χ1n) is 10.9. The summed E-state index contributed by atoms with van der Waals surface area (Å²) in [5.41, 5.74) is 0.537. The summed E-state index contributed by atoms with van der Waals surface area (Å²) < 4.78 is 4.26. The molecule has 35 heavy (non-hydrogen) atoms. The van der Waals surface area contributed by atoms with Gasteiger partial charge in [-0.3, -0.25) is 14.4 Å². The second-order valence-corrected chi connectivity index (χ2v) is 8.60. The zero-order valence-corrected chi connectivity index (χ0v) is 19.3. The molecule has 11 heteroatoms. The Morgan fingerprint density at radius 3 is 2.29 bits per heavy atom. The molecule has 3 aromatic rings. The van der Waals surface area contributed by atoms with E-state index in [4.69, 9.17) is 20.4 Å². The first-order chi connectivity index (χ1) is 16.4. The van der Waals surface area contributed by atoms with Crippen LogP contribution in [0.25, 0.3) is 10.9 Å². The third-order valence-corrected chi connectivity index (χ3v) is 6.20. The average molecular weight is 485 g/mol. The first-order valence-corrected chi connectivity index (χ1v) is 10.9. The van der Waals surface area contributed by atoms with Crippen molar-refractivity contribution < 1.29 is 39.6 Å². The highest BCUT2D eigenvalue weighted by molar-refractivity contribution is 6.11. The quantitative estimate of drug-likeness (QED) is 0.390. The molecule has 0 saturated heterocycles. The molecule has 1 aliphatic rings. The number of ketones is 1. The van der Waals surface area contributed by atoms with Gasteiger partial charge < -0.3 is 29.6 Å². The molecular formula is C24H27N3O8. The number of carboxylic acids is 3. The van der Waals surface area contributed by atoms with E-state index in [-0.39, 0.29) is 11.7 Å². The number of carbonyl (C=O) groups is 4. The van der Waals surface area contributed by atoms with Gasteiger partial charge in [-0.25, -0.2) is 9.78 Å². The average Bonchev–Trinajstić information content (AvgIpc) is 3.30. The van der Waals surface area contributed by atoms with Crippen molar-refractivity contribution in [1.29, 1.82) is 0 Å². The van der Waals surface area contributed by atoms with Crippen LogP contribution in [0.2, 0.25) is 0 Å². The van der Waals surface area contributed by atoms with Gasteiger partial charge in [0.2, 0.25) is 0 Å². The summed E-state index contributed by atoms with van der Waals surface area (Å²) in [5.74, 6) is -3.72. The Kier molecular flexibility index (Phi) is 7.39. The normalized spacial score (nSPS) is 15.3. The number of imidazole rings is 1. The van der Waals surface area contributed by atoms with Crippen LogP contribution in [-0.2, 0) is 34.4 Å². The predicted molar refractivity (Wildman–Crippen MR) is 123 cm³/mol. The molecule has 0 amide bonds. The molecule has 0 saturated carbocycles. The molecule has 4 rings (SSSR count). The Hall–Kier alpha value is -3.99. The van der Waals surface area contributed by atoms with Gasteiger partial charge in [0.25, 0.3) is 0 Å². The summed E-state index contributed by atoms with van der Waals surface area (Å²) in [5, 5.41) is 34.9. The van der Waals surface area contributed by atoms with E-state index in [0.29, 0.717) is 0 Å². The van der Waals surface area contributed by atoms with Crippen molar-refractivity contribution >= 4 is 34.6 Å². The third-order valence-electron chi connectivity index (χ3n) is 6.20. The summed E-state index contributed by atoms with van der Waals surface area (Å²) in [6, 6.07) is 8.21. The summed E-state index contributed by atoms with van der Waals surface area (Å²) >= 11 is 0.